The molecule has 0 saturated carbocycles. The second-order valence-electron chi connectivity index (χ2n) is 2.88. The van der Waals surface area contributed by atoms with Gasteiger partial charge in [0.2, 0.25) is 5.91 Å². The van der Waals surface area contributed by atoms with E-state index in [1.807, 2.05) is 0 Å². The summed E-state index contributed by atoms with van der Waals surface area (Å²) in [5.74, 6) is 1.06. The molecule has 70 valence electrons. The molecule has 0 atom stereocenters. The lowest BCUT2D eigenvalue weighted by atomic mass is 10.0. The van der Waals surface area contributed by atoms with Crippen LogP contribution in [0.4, 0.5) is 0 Å². The second-order valence-corrected chi connectivity index (χ2v) is 3.33. The topological polar surface area (TPSA) is 29.1 Å². The maximum atomic E-state index is 11.1. The first-order chi connectivity index (χ1) is 5.81. The van der Waals surface area contributed by atoms with E-state index in [4.69, 9.17) is 0 Å². The first-order valence-electron chi connectivity index (χ1n) is 4.68. The molecule has 0 radical (unpaired) electrons. The molecule has 0 bridgehead atoms. The van der Waals surface area contributed by atoms with E-state index in [1.165, 1.54) is 0 Å². The molecule has 0 saturated heterocycles. The van der Waals surface area contributed by atoms with E-state index in [-0.39, 0.29) is 5.91 Å². The lowest BCUT2D eigenvalue weighted by Gasteiger charge is -2.02. The molecule has 0 aromatic carbocycles. The van der Waals surface area contributed by atoms with E-state index < -0.39 is 0 Å². The van der Waals surface area contributed by atoms with Gasteiger partial charge in [0.05, 0.1) is 0 Å². The van der Waals surface area contributed by atoms with E-state index in [1.54, 1.807) is 0 Å². The maximum Gasteiger partial charge on any atom is 0.219 e. The van der Waals surface area contributed by atoms with Crippen molar-refractivity contribution in [3.63, 3.8) is 0 Å². The molecular weight excluding hydrogens is 169 g/mol. The SMILES string of the molecule is BCCCNC(=O)CCCCS. The first-order valence-corrected chi connectivity index (χ1v) is 5.32. The van der Waals surface area contributed by atoms with Crippen molar-refractivity contribution in [3.8, 4) is 0 Å². The Morgan fingerprint density at radius 2 is 2.08 bits per heavy atom. The third-order valence-electron chi connectivity index (χ3n) is 1.66. The summed E-state index contributed by atoms with van der Waals surface area (Å²) in [7, 11) is 2.12. The van der Waals surface area contributed by atoms with E-state index in [0.29, 0.717) is 6.42 Å². The Morgan fingerprint density at radius 3 is 2.67 bits per heavy atom. The summed E-state index contributed by atoms with van der Waals surface area (Å²) >= 11 is 4.08. The van der Waals surface area contributed by atoms with Crippen molar-refractivity contribution in [2.75, 3.05) is 12.3 Å². The van der Waals surface area contributed by atoms with Gasteiger partial charge in [0.1, 0.15) is 7.85 Å². The number of carbonyl (C=O) groups is 1. The van der Waals surface area contributed by atoms with Crippen LogP contribution in [0.3, 0.4) is 0 Å². The summed E-state index contributed by atoms with van der Waals surface area (Å²) in [6, 6.07) is 0. The Morgan fingerprint density at radius 1 is 1.33 bits per heavy atom. The smallest absolute Gasteiger partial charge is 0.219 e. The number of nitrogens with one attached hydrogen (secondary N) is 1. The Labute approximate surface area is 81.3 Å². The molecule has 0 aromatic heterocycles. The molecule has 0 fully saturated rings. The third kappa shape index (κ3) is 7.99. The van der Waals surface area contributed by atoms with Crippen LogP contribution in [0.25, 0.3) is 0 Å². The minimum Gasteiger partial charge on any atom is -0.356 e. The van der Waals surface area contributed by atoms with Gasteiger partial charge in [-0.1, -0.05) is 6.32 Å². The molecular formula is C8H18BNOS. The minimum atomic E-state index is 0.185. The quantitative estimate of drug-likeness (QED) is 0.342. The molecule has 0 aliphatic rings. The van der Waals surface area contributed by atoms with Gasteiger partial charge in [0.15, 0.2) is 0 Å². The van der Waals surface area contributed by atoms with Crippen molar-refractivity contribution >= 4 is 26.4 Å². The zero-order valence-electron chi connectivity index (χ0n) is 7.81. The second kappa shape index (κ2) is 8.98. The molecule has 2 nitrogen and oxygen atoms in total. The Kier molecular flexibility index (Phi) is 8.89. The summed E-state index contributed by atoms with van der Waals surface area (Å²) in [5, 5.41) is 2.88. The fourth-order valence-corrected chi connectivity index (χ4v) is 1.11. The molecule has 1 N–H and O–H groups in total. The van der Waals surface area contributed by atoms with Crippen LogP contribution in [-0.2, 0) is 4.79 Å². The van der Waals surface area contributed by atoms with Gasteiger partial charge in [-0.15, -0.1) is 0 Å². The molecule has 0 unspecified atom stereocenters. The average Bonchev–Trinajstić information content (AvgIpc) is 2.06. The van der Waals surface area contributed by atoms with Gasteiger partial charge in [-0.3, -0.25) is 4.79 Å². The van der Waals surface area contributed by atoms with Crippen molar-refractivity contribution in [2.45, 2.75) is 32.0 Å². The van der Waals surface area contributed by atoms with Crippen molar-refractivity contribution in [1.29, 1.82) is 0 Å². The predicted octanol–water partition coefficient (Wildman–Crippen LogP) is 0.644. The Bertz CT molecular complexity index is 110. The number of hydrogen-bond acceptors (Lipinski definition) is 2. The number of amides is 1. The summed E-state index contributed by atoms with van der Waals surface area (Å²) in [5.41, 5.74) is 0. The van der Waals surface area contributed by atoms with Crippen molar-refractivity contribution < 1.29 is 4.79 Å². The Hall–Kier alpha value is -0.115. The van der Waals surface area contributed by atoms with Crippen LogP contribution in [0.15, 0.2) is 0 Å². The minimum absolute atomic E-state index is 0.185. The van der Waals surface area contributed by atoms with Crippen LogP contribution in [0.5, 0.6) is 0 Å². The van der Waals surface area contributed by atoms with E-state index in [0.717, 1.165) is 37.9 Å². The Balaban J connectivity index is 3.10. The molecule has 0 aliphatic carbocycles. The van der Waals surface area contributed by atoms with E-state index in [9.17, 15) is 4.79 Å². The molecule has 0 aromatic rings. The van der Waals surface area contributed by atoms with Crippen LogP contribution < -0.4 is 5.32 Å². The van der Waals surface area contributed by atoms with Crippen molar-refractivity contribution in [1.82, 2.24) is 5.32 Å². The van der Waals surface area contributed by atoms with Crippen LogP contribution in [0.2, 0.25) is 6.32 Å². The normalized spacial score (nSPS) is 9.75. The molecule has 4 heteroatoms. The van der Waals surface area contributed by atoms with Crippen LogP contribution in [-0.4, -0.2) is 26.1 Å². The summed E-state index contributed by atoms with van der Waals surface area (Å²) < 4.78 is 0. The number of thiol groups is 1. The highest BCUT2D eigenvalue weighted by atomic mass is 32.1. The lowest BCUT2D eigenvalue weighted by molar-refractivity contribution is -0.121. The maximum absolute atomic E-state index is 11.1. The lowest BCUT2D eigenvalue weighted by Crippen LogP contribution is -2.23. The van der Waals surface area contributed by atoms with Crippen LogP contribution in [0, 0.1) is 0 Å². The number of rotatable bonds is 7. The highest BCUT2D eigenvalue weighted by Gasteiger charge is 1.98. The number of carbonyl (C=O) groups excluding carboxylic acids is 1. The van der Waals surface area contributed by atoms with Crippen molar-refractivity contribution in [2.24, 2.45) is 0 Å². The molecule has 12 heavy (non-hydrogen) atoms. The van der Waals surface area contributed by atoms with E-state index >= 15 is 0 Å². The highest BCUT2D eigenvalue weighted by molar-refractivity contribution is 7.80. The molecule has 1 amide bonds. The van der Waals surface area contributed by atoms with Crippen LogP contribution >= 0.6 is 12.6 Å². The monoisotopic (exact) mass is 187 g/mol. The molecule has 0 aliphatic heterocycles. The summed E-state index contributed by atoms with van der Waals surface area (Å²) in [6.45, 7) is 0.830. The van der Waals surface area contributed by atoms with Gasteiger partial charge in [-0.25, -0.2) is 0 Å². The highest BCUT2D eigenvalue weighted by Crippen LogP contribution is 1.96. The average molecular weight is 187 g/mol. The van der Waals surface area contributed by atoms with Gasteiger partial charge < -0.3 is 5.32 Å². The van der Waals surface area contributed by atoms with Crippen molar-refractivity contribution in [3.05, 3.63) is 0 Å². The zero-order valence-corrected chi connectivity index (χ0v) is 8.70. The van der Waals surface area contributed by atoms with Crippen LogP contribution in [0.1, 0.15) is 25.7 Å². The largest absolute Gasteiger partial charge is 0.356 e. The molecule has 0 rings (SSSR count). The predicted molar refractivity (Wildman–Crippen MR) is 58.7 cm³/mol. The summed E-state index contributed by atoms with van der Waals surface area (Å²) in [4.78, 5) is 11.1. The third-order valence-corrected chi connectivity index (χ3v) is 1.98. The molecule has 0 heterocycles. The van der Waals surface area contributed by atoms with Gasteiger partial charge in [-0.2, -0.15) is 12.6 Å². The number of unbranched alkanes of at least 4 members (excludes halogenated alkanes) is 1. The molecule has 0 spiro atoms. The standard InChI is InChI=1S/C8H18BNOS/c9-5-3-6-10-8(11)4-1-2-7-12/h12H,1-7,9H2,(H,10,11). The van der Waals surface area contributed by atoms with E-state index in [2.05, 4.69) is 25.8 Å². The fraction of sp³-hybridized carbons (Fsp3) is 0.875. The van der Waals surface area contributed by atoms with Gasteiger partial charge in [0, 0.05) is 13.0 Å². The van der Waals surface area contributed by atoms with Gasteiger partial charge in [0.25, 0.3) is 0 Å². The first kappa shape index (κ1) is 11.9. The zero-order chi connectivity index (χ0) is 9.23. The summed E-state index contributed by atoms with van der Waals surface area (Å²) in [6.07, 6.45) is 4.87. The van der Waals surface area contributed by atoms with Gasteiger partial charge >= 0.3 is 0 Å². The fourth-order valence-electron chi connectivity index (χ4n) is 0.890. The number of hydrogen-bond donors (Lipinski definition) is 2. The van der Waals surface area contributed by atoms with Gasteiger partial charge in [-0.05, 0) is 25.0 Å².